The summed E-state index contributed by atoms with van der Waals surface area (Å²) in [6.07, 6.45) is -10.6. The second-order valence-corrected chi connectivity index (χ2v) is 10.6. The number of carbonyl (C=O) groups is 2. The van der Waals surface area contributed by atoms with Crippen LogP contribution < -0.4 is 20.1 Å². The molecule has 0 unspecified atom stereocenters. The number of carboxylic acids is 1. The van der Waals surface area contributed by atoms with Gasteiger partial charge in [-0.05, 0) is 49.6 Å². The molecule has 2 atom stereocenters. The molecule has 3 N–H and O–H groups in total. The van der Waals surface area contributed by atoms with Crippen LogP contribution in [0.2, 0.25) is 0 Å². The molecule has 1 aliphatic heterocycles. The van der Waals surface area contributed by atoms with Gasteiger partial charge in [-0.2, -0.15) is 26.3 Å². The van der Waals surface area contributed by atoms with Crippen LogP contribution >= 0.6 is 0 Å². The molecule has 0 saturated heterocycles. The minimum atomic E-state index is -5.08. The molecule has 47 heavy (non-hydrogen) atoms. The van der Waals surface area contributed by atoms with Crippen molar-refractivity contribution in [2.75, 3.05) is 25.2 Å². The van der Waals surface area contributed by atoms with Crippen LogP contribution in [0, 0.1) is 0 Å². The number of amides is 1. The Morgan fingerprint density at radius 2 is 1.72 bits per heavy atom. The number of hydrogen-bond donors (Lipinski definition) is 2. The first kappa shape index (κ1) is 35.2. The number of ether oxygens (including phenoxy) is 3. The van der Waals surface area contributed by atoms with Crippen molar-refractivity contribution in [1.29, 1.82) is 0 Å². The van der Waals surface area contributed by atoms with E-state index in [1.807, 2.05) is 0 Å². The number of nitrogens with zero attached hydrogens (tertiary/aromatic N) is 4. The second-order valence-electron chi connectivity index (χ2n) is 10.6. The number of halogens is 6. The first-order valence-corrected chi connectivity index (χ1v) is 14.3. The molecule has 1 aromatic carbocycles. The third kappa shape index (κ3) is 7.84. The molecular formula is C30H31F6N5O6. The van der Waals surface area contributed by atoms with Gasteiger partial charge in [-0.1, -0.05) is 6.92 Å². The van der Waals surface area contributed by atoms with E-state index < -0.39 is 60.0 Å². The number of aromatic nitrogens is 3. The van der Waals surface area contributed by atoms with Crippen molar-refractivity contribution in [2.24, 2.45) is 5.73 Å². The zero-order valence-corrected chi connectivity index (χ0v) is 25.4. The molecule has 0 aliphatic carbocycles. The minimum Gasteiger partial charge on any atom is -0.489 e. The third-order valence-corrected chi connectivity index (χ3v) is 7.47. The summed E-state index contributed by atoms with van der Waals surface area (Å²) in [5.41, 5.74) is 2.36. The molecular weight excluding hydrogens is 640 g/mol. The fraction of sp³-hybridized carbons (Fsp3) is 0.433. The number of alkyl halides is 6. The predicted molar refractivity (Wildman–Crippen MR) is 153 cm³/mol. The van der Waals surface area contributed by atoms with Gasteiger partial charge in [0, 0.05) is 12.5 Å². The molecule has 0 spiro atoms. The highest BCUT2D eigenvalue weighted by Gasteiger charge is 2.47. The predicted octanol–water partition coefficient (Wildman–Crippen LogP) is 5.93. The summed E-state index contributed by atoms with van der Waals surface area (Å²) < 4.78 is 97.7. The largest absolute Gasteiger partial charge is 0.489 e. The lowest BCUT2D eigenvalue weighted by atomic mass is 9.83. The Morgan fingerprint density at radius 1 is 1.06 bits per heavy atom. The average Bonchev–Trinajstić information content (AvgIpc) is 3.00. The molecule has 3 heterocycles. The van der Waals surface area contributed by atoms with Crippen molar-refractivity contribution in [3.05, 3.63) is 70.4 Å². The average molecular weight is 672 g/mol. The van der Waals surface area contributed by atoms with Crippen LogP contribution in [0.4, 0.5) is 36.8 Å². The molecule has 2 aromatic heterocycles. The molecule has 254 valence electrons. The highest BCUT2D eigenvalue weighted by Crippen LogP contribution is 2.46. The van der Waals surface area contributed by atoms with Gasteiger partial charge in [0.1, 0.15) is 11.5 Å². The van der Waals surface area contributed by atoms with Crippen LogP contribution in [0.1, 0.15) is 72.9 Å². The van der Waals surface area contributed by atoms with E-state index in [4.69, 9.17) is 25.1 Å². The van der Waals surface area contributed by atoms with Crippen LogP contribution in [0.5, 0.6) is 11.6 Å². The number of methoxy groups -OCH3 is 1. The maximum atomic E-state index is 13.6. The Morgan fingerprint density at radius 3 is 2.28 bits per heavy atom. The fourth-order valence-electron chi connectivity index (χ4n) is 5.17. The number of benzene rings is 1. The Labute approximate surface area is 264 Å². The third-order valence-electron chi connectivity index (χ3n) is 7.47. The van der Waals surface area contributed by atoms with E-state index in [-0.39, 0.29) is 72.2 Å². The molecule has 0 fully saturated rings. The van der Waals surface area contributed by atoms with E-state index in [1.165, 1.54) is 18.1 Å². The maximum absolute atomic E-state index is 13.6. The number of carbonyl (C=O) groups excluding carboxylic acids is 1. The van der Waals surface area contributed by atoms with E-state index in [0.29, 0.717) is 12.1 Å². The van der Waals surface area contributed by atoms with Crippen LogP contribution in [0.15, 0.2) is 36.5 Å². The molecule has 1 aliphatic rings. The lowest BCUT2D eigenvalue weighted by Crippen LogP contribution is -2.61. The van der Waals surface area contributed by atoms with Crippen molar-refractivity contribution in [3.63, 3.8) is 0 Å². The molecule has 1 amide bonds. The molecule has 0 radical (unpaired) electrons. The lowest BCUT2D eigenvalue weighted by molar-refractivity contribution is -0.143. The minimum absolute atomic E-state index is 0.0120. The van der Waals surface area contributed by atoms with Crippen LogP contribution in [0.3, 0.4) is 0 Å². The zero-order valence-electron chi connectivity index (χ0n) is 25.4. The van der Waals surface area contributed by atoms with Crippen molar-refractivity contribution in [1.82, 2.24) is 15.0 Å². The summed E-state index contributed by atoms with van der Waals surface area (Å²) in [5.74, 6) is -2.04. The number of aliphatic carboxylic acids is 1. The normalized spacial score (nSPS) is 18.0. The number of hydrogen-bond acceptors (Lipinski definition) is 9. The summed E-state index contributed by atoms with van der Waals surface area (Å²) >= 11 is 0. The van der Waals surface area contributed by atoms with Crippen LogP contribution in [-0.4, -0.2) is 58.1 Å². The molecule has 17 heteroatoms. The highest BCUT2D eigenvalue weighted by molar-refractivity contribution is 5.91. The SMILES string of the molecule is CCOC(=O)N1c2ccc(OC)nc2[C@@H](c2ncc(OCCC(=O)O)c(Cc3cc(C(F)(F)F)cc(C(F)(F)F)c3)n2)C[C@@]1(N)CC. The Kier molecular flexibility index (Phi) is 10.2. The lowest BCUT2D eigenvalue weighted by Gasteiger charge is -2.46. The quantitative estimate of drug-likeness (QED) is 0.249. The van der Waals surface area contributed by atoms with Crippen molar-refractivity contribution < 1.29 is 55.2 Å². The topological polar surface area (TPSA) is 150 Å². The first-order valence-electron chi connectivity index (χ1n) is 14.3. The van der Waals surface area contributed by atoms with E-state index in [9.17, 15) is 35.9 Å². The Hall–Kier alpha value is -4.67. The Balaban J connectivity index is 1.88. The molecule has 11 nitrogen and oxygen atoms in total. The van der Waals surface area contributed by atoms with Gasteiger partial charge in [-0.25, -0.2) is 19.7 Å². The summed E-state index contributed by atoms with van der Waals surface area (Å²) in [6.45, 7) is 3.03. The van der Waals surface area contributed by atoms with E-state index in [2.05, 4.69) is 15.0 Å². The smallest absolute Gasteiger partial charge is 0.416 e. The molecule has 0 bridgehead atoms. The van der Waals surface area contributed by atoms with Gasteiger partial charge in [-0.15, -0.1) is 0 Å². The number of nitrogens with two attached hydrogens (primary N) is 1. The standard InChI is InChI=1S/C30H31F6N5O6/c1-4-28(37)14-19(25-21(6-7-23(40-25)45-3)41(28)27(44)46-5-2)26-38-15-22(47-9-8-24(42)43)20(39-26)12-16-10-17(29(31,32)33)13-18(11-16)30(34,35)36/h6-7,10-11,13,15,19H,4-5,8-9,12,14,37H2,1-3H3,(H,42,43)/t19-,28+/m0/s1. The summed E-state index contributed by atoms with van der Waals surface area (Å²) in [4.78, 5) is 38.8. The van der Waals surface area contributed by atoms with E-state index in [0.717, 1.165) is 6.20 Å². The van der Waals surface area contributed by atoms with E-state index >= 15 is 0 Å². The van der Waals surface area contributed by atoms with Gasteiger partial charge in [-0.3, -0.25) is 9.69 Å². The molecule has 0 saturated carbocycles. The van der Waals surface area contributed by atoms with Gasteiger partial charge in [0.05, 0.1) is 67.1 Å². The van der Waals surface area contributed by atoms with E-state index in [1.54, 1.807) is 19.9 Å². The van der Waals surface area contributed by atoms with Crippen molar-refractivity contribution in [2.45, 2.75) is 63.5 Å². The van der Waals surface area contributed by atoms with Crippen LogP contribution in [-0.2, 0) is 28.3 Å². The molecule has 4 rings (SSSR count). The van der Waals surface area contributed by atoms with Gasteiger partial charge >= 0.3 is 24.4 Å². The van der Waals surface area contributed by atoms with Crippen LogP contribution in [0.25, 0.3) is 0 Å². The van der Waals surface area contributed by atoms with Crippen molar-refractivity contribution >= 4 is 17.7 Å². The maximum Gasteiger partial charge on any atom is 0.416 e. The second kappa shape index (κ2) is 13.6. The number of carboxylic acid groups (broad SMARTS) is 1. The van der Waals surface area contributed by atoms with Gasteiger partial charge < -0.3 is 25.1 Å². The first-order chi connectivity index (χ1) is 22.0. The Bertz CT molecular complexity index is 1600. The number of rotatable bonds is 10. The highest BCUT2D eigenvalue weighted by atomic mass is 19.4. The van der Waals surface area contributed by atoms with Gasteiger partial charge in [0.25, 0.3) is 0 Å². The zero-order chi connectivity index (χ0) is 34.7. The summed E-state index contributed by atoms with van der Waals surface area (Å²) in [5, 5.41) is 9.04. The fourth-order valence-corrected chi connectivity index (χ4v) is 5.17. The number of pyridine rings is 1. The monoisotopic (exact) mass is 671 g/mol. The van der Waals surface area contributed by atoms with Gasteiger partial charge in [0.2, 0.25) is 5.88 Å². The summed E-state index contributed by atoms with van der Waals surface area (Å²) in [6, 6.07) is 4.20. The molecule has 3 aromatic rings. The number of fused-ring (bicyclic) bond motifs is 1. The summed E-state index contributed by atoms with van der Waals surface area (Å²) in [7, 11) is 1.37. The number of anilines is 1. The van der Waals surface area contributed by atoms with Crippen molar-refractivity contribution in [3.8, 4) is 11.6 Å². The van der Waals surface area contributed by atoms with Gasteiger partial charge in [0.15, 0.2) is 5.75 Å².